The molecule has 0 aromatic carbocycles. The number of nitrogens with zero attached hydrogens (tertiary/aromatic N) is 2. The predicted octanol–water partition coefficient (Wildman–Crippen LogP) is 2.39. The Bertz CT molecular complexity index is 828. The van der Waals surface area contributed by atoms with Gasteiger partial charge in [0.25, 0.3) is 5.56 Å². The number of aromatic nitrogens is 2. The van der Waals surface area contributed by atoms with Gasteiger partial charge >= 0.3 is 5.69 Å². The highest BCUT2D eigenvalue weighted by atomic mass is 32.2. The lowest BCUT2D eigenvalue weighted by Crippen LogP contribution is -2.45. The first-order chi connectivity index (χ1) is 11.9. The normalized spacial score (nSPS) is 20.5. The molecule has 0 aliphatic heterocycles. The van der Waals surface area contributed by atoms with Crippen LogP contribution in [0.5, 0.6) is 0 Å². The Morgan fingerprint density at radius 3 is 1.84 bits per heavy atom. The number of rotatable bonds is 4. The molecule has 8 heteroatoms. The van der Waals surface area contributed by atoms with E-state index in [9.17, 15) is 18.0 Å². The molecule has 1 heterocycles. The molecule has 0 radical (unpaired) electrons. The van der Waals surface area contributed by atoms with Crippen LogP contribution in [-0.4, -0.2) is 23.8 Å². The van der Waals surface area contributed by atoms with E-state index in [1.165, 1.54) is 15.2 Å². The molecule has 2 fully saturated rings. The molecule has 25 heavy (non-hydrogen) atoms. The van der Waals surface area contributed by atoms with Crippen LogP contribution in [-0.2, 0) is 10.0 Å². The van der Waals surface area contributed by atoms with Crippen molar-refractivity contribution in [3.8, 4) is 0 Å². The van der Waals surface area contributed by atoms with Crippen molar-refractivity contribution in [2.45, 2.75) is 76.3 Å². The number of hydrogen-bond donors (Lipinski definition) is 1. The smallest absolute Gasteiger partial charge is 0.276 e. The van der Waals surface area contributed by atoms with E-state index >= 15 is 0 Å². The van der Waals surface area contributed by atoms with Crippen LogP contribution in [0.3, 0.4) is 0 Å². The van der Waals surface area contributed by atoms with Crippen LogP contribution in [0.1, 0.15) is 76.3 Å². The van der Waals surface area contributed by atoms with E-state index in [1.54, 1.807) is 0 Å². The number of hydrogen-bond acceptors (Lipinski definition) is 4. The van der Waals surface area contributed by atoms with E-state index in [1.807, 2.05) is 0 Å². The monoisotopic (exact) mass is 369 g/mol. The summed E-state index contributed by atoms with van der Waals surface area (Å²) in [5.41, 5.74) is -0.771. The Kier molecular flexibility index (Phi) is 5.36. The molecule has 0 bridgehead atoms. The average molecular weight is 369 g/mol. The molecule has 7 nitrogen and oxygen atoms in total. The first-order valence-electron chi connectivity index (χ1n) is 9.23. The maximum atomic E-state index is 13.2. The second kappa shape index (κ2) is 7.35. The third-order valence-corrected chi connectivity index (χ3v) is 5.92. The van der Waals surface area contributed by atoms with E-state index in [2.05, 4.69) is 4.72 Å². The minimum atomic E-state index is -3.57. The molecule has 0 unspecified atom stereocenters. The van der Waals surface area contributed by atoms with Crippen LogP contribution in [0.15, 0.2) is 15.7 Å². The van der Waals surface area contributed by atoms with Crippen molar-refractivity contribution in [1.29, 1.82) is 0 Å². The van der Waals surface area contributed by atoms with Gasteiger partial charge in [-0.15, -0.1) is 0 Å². The molecule has 1 aromatic heterocycles. The molecule has 0 amide bonds. The van der Waals surface area contributed by atoms with E-state index in [4.69, 9.17) is 0 Å². The van der Waals surface area contributed by atoms with E-state index in [0.29, 0.717) is 0 Å². The van der Waals surface area contributed by atoms with Crippen molar-refractivity contribution in [2.75, 3.05) is 11.0 Å². The van der Waals surface area contributed by atoms with Crippen LogP contribution in [0.25, 0.3) is 0 Å². The lowest BCUT2D eigenvalue weighted by atomic mass is 9.94. The van der Waals surface area contributed by atoms with Gasteiger partial charge in [-0.1, -0.05) is 38.5 Å². The number of anilines is 1. The van der Waals surface area contributed by atoms with Gasteiger partial charge in [0, 0.05) is 18.2 Å². The molecule has 1 aromatic rings. The van der Waals surface area contributed by atoms with Gasteiger partial charge in [0.1, 0.15) is 5.82 Å². The second-order valence-corrected chi connectivity index (χ2v) is 9.10. The van der Waals surface area contributed by atoms with Crippen LogP contribution in [0.4, 0.5) is 5.82 Å². The fraction of sp³-hybridized carbons (Fsp3) is 0.765. The largest absolute Gasteiger partial charge is 0.333 e. The zero-order chi connectivity index (χ0) is 18.0. The van der Waals surface area contributed by atoms with Gasteiger partial charge in [0.2, 0.25) is 10.0 Å². The Labute approximate surface area is 148 Å². The highest BCUT2D eigenvalue weighted by molar-refractivity contribution is 7.92. The number of nitrogens with one attached hydrogen (secondary N) is 1. The first-order valence-corrected chi connectivity index (χ1v) is 11.1. The maximum Gasteiger partial charge on any atom is 0.333 e. The molecule has 0 atom stereocenters. The molecule has 0 saturated heterocycles. The van der Waals surface area contributed by atoms with Crippen LogP contribution in [0.2, 0.25) is 0 Å². The van der Waals surface area contributed by atoms with Gasteiger partial charge in [-0.2, -0.15) is 0 Å². The average Bonchev–Trinajstić information content (AvgIpc) is 2.55. The summed E-state index contributed by atoms with van der Waals surface area (Å²) in [7, 11) is -3.57. The van der Waals surface area contributed by atoms with Gasteiger partial charge in [0.15, 0.2) is 0 Å². The summed E-state index contributed by atoms with van der Waals surface area (Å²) in [5.74, 6) is 0.108. The van der Waals surface area contributed by atoms with Gasteiger partial charge in [-0.3, -0.25) is 18.7 Å². The van der Waals surface area contributed by atoms with Gasteiger partial charge in [-0.05, 0) is 25.7 Å². The summed E-state index contributed by atoms with van der Waals surface area (Å²) in [6.07, 6.45) is 10.7. The molecule has 2 aliphatic rings. The van der Waals surface area contributed by atoms with Crippen molar-refractivity contribution in [3.63, 3.8) is 0 Å². The Morgan fingerprint density at radius 1 is 0.880 bits per heavy atom. The molecule has 2 saturated carbocycles. The van der Waals surface area contributed by atoms with Gasteiger partial charge in [0.05, 0.1) is 6.26 Å². The maximum absolute atomic E-state index is 13.2. The highest BCUT2D eigenvalue weighted by Gasteiger charge is 2.26. The first kappa shape index (κ1) is 18.2. The molecule has 0 spiro atoms. The van der Waals surface area contributed by atoms with Crippen LogP contribution < -0.4 is 16.0 Å². The summed E-state index contributed by atoms with van der Waals surface area (Å²) < 4.78 is 28.7. The zero-order valence-corrected chi connectivity index (χ0v) is 15.6. The highest BCUT2D eigenvalue weighted by Crippen LogP contribution is 2.30. The van der Waals surface area contributed by atoms with Crippen molar-refractivity contribution < 1.29 is 8.42 Å². The minimum absolute atomic E-state index is 0.0547. The van der Waals surface area contributed by atoms with E-state index < -0.39 is 15.6 Å². The van der Waals surface area contributed by atoms with Crippen LogP contribution in [0, 0.1) is 0 Å². The summed E-state index contributed by atoms with van der Waals surface area (Å²) in [6, 6.07) is 1.16. The van der Waals surface area contributed by atoms with E-state index in [-0.39, 0.29) is 23.6 Å². The summed E-state index contributed by atoms with van der Waals surface area (Å²) in [6.45, 7) is 0. The van der Waals surface area contributed by atoms with Crippen molar-refractivity contribution in [2.24, 2.45) is 0 Å². The fourth-order valence-electron chi connectivity index (χ4n) is 4.21. The second-order valence-electron chi connectivity index (χ2n) is 7.35. The predicted molar refractivity (Wildman–Crippen MR) is 97.7 cm³/mol. The molecule has 2 aliphatic carbocycles. The Morgan fingerprint density at radius 2 is 1.36 bits per heavy atom. The molecule has 1 N–H and O–H groups in total. The summed E-state index contributed by atoms with van der Waals surface area (Å²) >= 11 is 0. The van der Waals surface area contributed by atoms with Crippen molar-refractivity contribution in [1.82, 2.24) is 9.13 Å². The van der Waals surface area contributed by atoms with Gasteiger partial charge < -0.3 is 0 Å². The van der Waals surface area contributed by atoms with Crippen molar-refractivity contribution >= 4 is 15.8 Å². The molecular formula is C17H27N3O4S. The lowest BCUT2D eigenvalue weighted by Gasteiger charge is -2.29. The Hall–Kier alpha value is -1.57. The van der Waals surface area contributed by atoms with Gasteiger partial charge in [-0.25, -0.2) is 13.2 Å². The SMILES string of the molecule is CS(=O)(=O)Nc1cc(=O)n(C2CCCCC2)c(=O)n1C1CCCCC1. The summed E-state index contributed by atoms with van der Waals surface area (Å²) in [5, 5.41) is 0. The van der Waals surface area contributed by atoms with Crippen molar-refractivity contribution in [3.05, 3.63) is 26.9 Å². The third-order valence-electron chi connectivity index (χ3n) is 5.34. The third kappa shape index (κ3) is 4.16. The number of sulfonamides is 1. The fourth-order valence-corrected chi connectivity index (χ4v) is 4.74. The molecule has 140 valence electrons. The minimum Gasteiger partial charge on any atom is -0.276 e. The lowest BCUT2D eigenvalue weighted by molar-refractivity contribution is 0.302. The summed E-state index contributed by atoms with van der Waals surface area (Å²) in [4.78, 5) is 25.8. The standard InChI is InChI=1S/C17H27N3O4S/c1-25(23,24)18-15-12-16(21)20(14-10-6-3-7-11-14)17(22)19(15)13-8-4-2-5-9-13/h12-14,18H,2-11H2,1H3. The molecular weight excluding hydrogens is 342 g/mol. The zero-order valence-electron chi connectivity index (χ0n) is 14.7. The van der Waals surface area contributed by atoms with E-state index in [0.717, 1.165) is 70.5 Å². The Balaban J connectivity index is 2.12. The quantitative estimate of drug-likeness (QED) is 0.882. The molecule has 3 rings (SSSR count). The van der Waals surface area contributed by atoms with Crippen LogP contribution >= 0.6 is 0 Å². The topological polar surface area (TPSA) is 90.2 Å².